The molecule has 1 aromatic carbocycles. The molecule has 8 heteroatoms. The van der Waals surface area contributed by atoms with Gasteiger partial charge in [0.05, 0.1) is 0 Å². The Morgan fingerprint density at radius 3 is 2.32 bits per heavy atom. The third-order valence-electron chi connectivity index (χ3n) is 3.90. The van der Waals surface area contributed by atoms with E-state index in [1.54, 1.807) is 12.1 Å². The lowest BCUT2D eigenvalue weighted by atomic mass is 9.95. The van der Waals surface area contributed by atoms with Crippen LogP contribution in [0.15, 0.2) is 24.3 Å². The molecule has 0 aromatic heterocycles. The van der Waals surface area contributed by atoms with Crippen LogP contribution in [-0.2, 0) is 21.2 Å². The van der Waals surface area contributed by atoms with Crippen LogP contribution in [0, 0.1) is 5.82 Å². The number of amides is 1. The molecule has 124 valence electrons. The molecular formula is C14H20ClFN2O3S. The van der Waals surface area contributed by atoms with Gasteiger partial charge < -0.3 is 10.6 Å². The molecule has 1 heterocycles. The number of hydrogen-bond donors (Lipinski definition) is 2. The lowest BCUT2D eigenvalue weighted by Crippen LogP contribution is -2.57. The van der Waals surface area contributed by atoms with Gasteiger partial charge in [0, 0.05) is 12.8 Å². The first kappa shape index (κ1) is 18.9. The second-order valence-electron chi connectivity index (χ2n) is 5.33. The lowest BCUT2D eigenvalue weighted by molar-refractivity contribution is -0.124. The van der Waals surface area contributed by atoms with Crippen LogP contribution in [0.3, 0.4) is 0 Å². The van der Waals surface area contributed by atoms with Crippen LogP contribution < -0.4 is 10.6 Å². The average Bonchev–Trinajstić information content (AvgIpc) is 2.46. The minimum absolute atomic E-state index is 0. The molecule has 2 N–H and O–H groups in total. The third-order valence-corrected chi connectivity index (χ3v) is 5.91. The number of piperidine rings is 1. The minimum Gasteiger partial charge on any atom is -0.351 e. The molecule has 0 unspecified atom stereocenters. The summed E-state index contributed by atoms with van der Waals surface area (Å²) in [5, 5.41) is 5.73. The summed E-state index contributed by atoms with van der Waals surface area (Å²) in [6.45, 7) is 1.18. The van der Waals surface area contributed by atoms with Crippen molar-refractivity contribution in [3.63, 3.8) is 0 Å². The van der Waals surface area contributed by atoms with E-state index in [1.165, 1.54) is 12.1 Å². The highest BCUT2D eigenvalue weighted by molar-refractivity contribution is 7.92. The number of carbonyl (C=O) groups excluding carboxylic acids is 1. The Kier molecular flexibility index (Phi) is 6.34. The van der Waals surface area contributed by atoms with Gasteiger partial charge in [-0.15, -0.1) is 12.4 Å². The minimum atomic E-state index is -3.51. The van der Waals surface area contributed by atoms with Gasteiger partial charge >= 0.3 is 0 Å². The molecule has 1 saturated heterocycles. The van der Waals surface area contributed by atoms with Crippen LogP contribution in [0.5, 0.6) is 0 Å². The standard InChI is InChI=1S/C14H19FN2O3S.ClH/c1-21(19,20)14(6-8-16-9-7-14)13(18)17-10-11-2-4-12(15)5-3-11;/h2-5,16H,6-10H2,1H3,(H,17,18);1H. The van der Waals surface area contributed by atoms with E-state index in [4.69, 9.17) is 0 Å². The number of rotatable bonds is 4. The van der Waals surface area contributed by atoms with Crippen molar-refractivity contribution >= 4 is 28.2 Å². The monoisotopic (exact) mass is 350 g/mol. The second kappa shape index (κ2) is 7.39. The molecule has 1 aliphatic heterocycles. The number of hydrogen-bond acceptors (Lipinski definition) is 4. The Morgan fingerprint density at radius 2 is 1.82 bits per heavy atom. The first-order valence-electron chi connectivity index (χ1n) is 6.78. The van der Waals surface area contributed by atoms with Gasteiger partial charge in [-0.1, -0.05) is 12.1 Å². The maximum Gasteiger partial charge on any atom is 0.241 e. The quantitative estimate of drug-likeness (QED) is 0.850. The van der Waals surface area contributed by atoms with Crippen molar-refractivity contribution in [3.05, 3.63) is 35.6 Å². The van der Waals surface area contributed by atoms with Gasteiger partial charge in [0.25, 0.3) is 0 Å². The summed E-state index contributed by atoms with van der Waals surface area (Å²) < 4.78 is 35.6. The van der Waals surface area contributed by atoms with E-state index in [0.29, 0.717) is 13.1 Å². The van der Waals surface area contributed by atoms with Crippen molar-refractivity contribution in [1.29, 1.82) is 0 Å². The first-order valence-corrected chi connectivity index (χ1v) is 8.67. The molecule has 2 rings (SSSR count). The fourth-order valence-electron chi connectivity index (χ4n) is 2.54. The van der Waals surface area contributed by atoms with E-state index < -0.39 is 20.5 Å². The average molecular weight is 351 g/mol. The molecule has 0 atom stereocenters. The highest BCUT2D eigenvalue weighted by Crippen LogP contribution is 2.28. The maximum absolute atomic E-state index is 12.8. The number of sulfone groups is 1. The summed E-state index contributed by atoms with van der Waals surface area (Å²) in [4.78, 5) is 12.4. The fraction of sp³-hybridized carbons (Fsp3) is 0.500. The Balaban J connectivity index is 0.00000242. The van der Waals surface area contributed by atoms with Crippen LogP contribution >= 0.6 is 12.4 Å². The number of nitrogens with one attached hydrogen (secondary N) is 2. The summed E-state index contributed by atoms with van der Waals surface area (Å²) >= 11 is 0. The Labute approximate surface area is 136 Å². The molecule has 5 nitrogen and oxygen atoms in total. The molecule has 0 saturated carbocycles. The summed E-state index contributed by atoms with van der Waals surface area (Å²) in [6, 6.07) is 5.73. The molecule has 0 radical (unpaired) electrons. The Hall–Kier alpha value is -1.18. The summed E-state index contributed by atoms with van der Waals surface area (Å²) in [6.07, 6.45) is 1.64. The Morgan fingerprint density at radius 1 is 1.27 bits per heavy atom. The SMILES string of the molecule is CS(=O)(=O)C1(C(=O)NCc2ccc(F)cc2)CCNCC1.Cl. The molecule has 1 aromatic rings. The zero-order valence-electron chi connectivity index (χ0n) is 12.3. The topological polar surface area (TPSA) is 75.3 Å². The maximum atomic E-state index is 12.8. The van der Waals surface area contributed by atoms with Gasteiger partial charge in [-0.05, 0) is 43.6 Å². The number of carbonyl (C=O) groups is 1. The fourth-order valence-corrected chi connectivity index (χ4v) is 3.90. The Bertz CT molecular complexity index is 613. The first-order chi connectivity index (χ1) is 9.85. The van der Waals surface area contributed by atoms with Crippen molar-refractivity contribution in [3.8, 4) is 0 Å². The molecule has 1 fully saturated rings. The summed E-state index contributed by atoms with van der Waals surface area (Å²) in [7, 11) is -3.51. The predicted octanol–water partition coefficient (Wildman–Crippen LogP) is 1.03. The van der Waals surface area contributed by atoms with Gasteiger partial charge in [-0.3, -0.25) is 4.79 Å². The van der Waals surface area contributed by atoms with Gasteiger partial charge in [-0.25, -0.2) is 12.8 Å². The van der Waals surface area contributed by atoms with Crippen molar-refractivity contribution < 1.29 is 17.6 Å². The van der Waals surface area contributed by atoms with Crippen LogP contribution in [0.25, 0.3) is 0 Å². The number of halogens is 2. The molecule has 0 aliphatic carbocycles. The molecule has 0 bridgehead atoms. The van der Waals surface area contributed by atoms with Crippen molar-refractivity contribution in [2.75, 3.05) is 19.3 Å². The molecule has 1 amide bonds. The highest BCUT2D eigenvalue weighted by atomic mass is 35.5. The molecule has 0 spiro atoms. The molecule has 1 aliphatic rings. The van der Waals surface area contributed by atoms with E-state index in [2.05, 4.69) is 10.6 Å². The van der Waals surface area contributed by atoms with E-state index in [0.717, 1.165) is 11.8 Å². The largest absolute Gasteiger partial charge is 0.351 e. The smallest absolute Gasteiger partial charge is 0.241 e. The van der Waals surface area contributed by atoms with Crippen LogP contribution in [-0.4, -0.2) is 38.4 Å². The van der Waals surface area contributed by atoms with E-state index in [-0.39, 0.29) is 37.6 Å². The highest BCUT2D eigenvalue weighted by Gasteiger charge is 2.48. The summed E-state index contributed by atoms with van der Waals surface area (Å²) in [5.41, 5.74) is 0.724. The third kappa shape index (κ3) is 3.97. The lowest BCUT2D eigenvalue weighted by Gasteiger charge is -2.34. The van der Waals surface area contributed by atoms with Gasteiger partial charge in [-0.2, -0.15) is 0 Å². The van der Waals surface area contributed by atoms with E-state index >= 15 is 0 Å². The van der Waals surface area contributed by atoms with Crippen molar-refractivity contribution in [2.45, 2.75) is 24.1 Å². The predicted molar refractivity (Wildman–Crippen MR) is 85.2 cm³/mol. The van der Waals surface area contributed by atoms with Crippen LogP contribution in [0.4, 0.5) is 4.39 Å². The van der Waals surface area contributed by atoms with E-state index in [1.807, 2.05) is 0 Å². The number of benzene rings is 1. The molecule has 22 heavy (non-hydrogen) atoms. The summed E-state index contributed by atoms with van der Waals surface area (Å²) in [5.74, 6) is -0.827. The van der Waals surface area contributed by atoms with E-state index in [9.17, 15) is 17.6 Å². The zero-order chi connectivity index (χ0) is 15.5. The van der Waals surface area contributed by atoms with Crippen LogP contribution in [0.1, 0.15) is 18.4 Å². The van der Waals surface area contributed by atoms with Crippen molar-refractivity contribution in [2.24, 2.45) is 0 Å². The van der Waals surface area contributed by atoms with Gasteiger partial charge in [0.15, 0.2) is 14.6 Å². The zero-order valence-corrected chi connectivity index (χ0v) is 13.9. The van der Waals surface area contributed by atoms with Crippen LogP contribution in [0.2, 0.25) is 0 Å². The van der Waals surface area contributed by atoms with Gasteiger partial charge in [0.1, 0.15) is 5.82 Å². The van der Waals surface area contributed by atoms with Crippen molar-refractivity contribution in [1.82, 2.24) is 10.6 Å². The van der Waals surface area contributed by atoms with Gasteiger partial charge in [0.2, 0.25) is 5.91 Å². The molecular weight excluding hydrogens is 331 g/mol. The normalized spacial score (nSPS) is 17.4. The second-order valence-corrected chi connectivity index (χ2v) is 7.65.